The van der Waals surface area contributed by atoms with Gasteiger partial charge in [-0.2, -0.15) is 16.3 Å². The third-order valence-electron chi connectivity index (χ3n) is 5.16. The van der Waals surface area contributed by atoms with E-state index in [9.17, 15) is 0 Å². The molecule has 1 N–H and O–H groups in total. The van der Waals surface area contributed by atoms with E-state index < -0.39 is 0 Å². The van der Waals surface area contributed by atoms with Crippen LogP contribution < -0.4 is 10.1 Å². The van der Waals surface area contributed by atoms with Crippen molar-refractivity contribution in [3.63, 3.8) is 0 Å². The molecule has 0 saturated carbocycles. The molecule has 4 heterocycles. The maximum absolute atomic E-state index is 5.87. The summed E-state index contributed by atoms with van der Waals surface area (Å²) in [6, 6.07) is 16.1. The first-order valence-corrected chi connectivity index (χ1v) is 10.9. The smallest absolute Gasteiger partial charge is 0.247 e. The second kappa shape index (κ2) is 8.23. The molecule has 7 heteroatoms. The molecule has 1 aliphatic heterocycles. The first-order valence-electron chi connectivity index (χ1n) is 9.96. The maximum atomic E-state index is 5.87. The van der Waals surface area contributed by atoms with Crippen LogP contribution >= 0.6 is 11.3 Å². The minimum atomic E-state index is 0.579. The van der Waals surface area contributed by atoms with Crippen molar-refractivity contribution in [3.8, 4) is 17.0 Å². The van der Waals surface area contributed by atoms with Crippen molar-refractivity contribution in [2.24, 2.45) is 0 Å². The number of hydrogen-bond donors (Lipinski definition) is 1. The van der Waals surface area contributed by atoms with Crippen LogP contribution in [0.4, 0.5) is 11.6 Å². The molecule has 1 aromatic carbocycles. The average molecular weight is 406 g/mol. The molecule has 1 saturated heterocycles. The number of fused-ring (bicyclic) bond motifs is 1. The van der Waals surface area contributed by atoms with E-state index in [1.54, 1.807) is 11.3 Å². The monoisotopic (exact) mass is 405 g/mol. The summed E-state index contributed by atoms with van der Waals surface area (Å²) in [5.74, 6) is 1.47. The van der Waals surface area contributed by atoms with Gasteiger partial charge >= 0.3 is 0 Å². The van der Waals surface area contributed by atoms with Gasteiger partial charge in [-0.05, 0) is 73.8 Å². The molecule has 6 nitrogen and oxygen atoms in total. The highest BCUT2D eigenvalue weighted by Gasteiger charge is 2.11. The van der Waals surface area contributed by atoms with Crippen LogP contribution in [-0.2, 0) is 0 Å². The molecule has 1 aliphatic rings. The minimum Gasteiger partial charge on any atom is -0.492 e. The summed E-state index contributed by atoms with van der Waals surface area (Å²) in [5, 5.41) is 12.1. The molecule has 0 bridgehead atoms. The lowest BCUT2D eigenvalue weighted by atomic mass is 10.2. The largest absolute Gasteiger partial charge is 0.492 e. The number of hydrogen-bond acceptors (Lipinski definition) is 6. The standard InChI is InChI=1S/C22H23N5OS/c1-2-12-26(11-1)13-14-28-19-8-6-18(7-9-19)23-22-24-21-5-3-4-20(27(21)25-22)17-10-15-29-16-17/h3-10,15-16H,1-2,11-14H2,(H,23,25). The number of benzene rings is 1. The van der Waals surface area contributed by atoms with E-state index in [-0.39, 0.29) is 0 Å². The molecule has 0 aliphatic carbocycles. The predicted molar refractivity (Wildman–Crippen MR) is 117 cm³/mol. The minimum absolute atomic E-state index is 0.579. The fourth-order valence-electron chi connectivity index (χ4n) is 3.65. The Morgan fingerprint density at radius 1 is 1.03 bits per heavy atom. The fraction of sp³-hybridized carbons (Fsp3) is 0.273. The molecule has 29 heavy (non-hydrogen) atoms. The summed E-state index contributed by atoms with van der Waals surface area (Å²) in [6.07, 6.45) is 2.62. The van der Waals surface area contributed by atoms with Crippen molar-refractivity contribution in [2.45, 2.75) is 12.8 Å². The van der Waals surface area contributed by atoms with Crippen molar-refractivity contribution in [1.82, 2.24) is 19.5 Å². The van der Waals surface area contributed by atoms with Gasteiger partial charge in [-0.3, -0.25) is 4.90 Å². The van der Waals surface area contributed by atoms with E-state index in [1.165, 1.54) is 25.9 Å². The van der Waals surface area contributed by atoms with Crippen LogP contribution in [0, 0.1) is 0 Å². The van der Waals surface area contributed by atoms with Gasteiger partial charge in [-0.25, -0.2) is 4.52 Å². The number of pyridine rings is 1. The van der Waals surface area contributed by atoms with E-state index in [2.05, 4.69) is 43.2 Å². The highest BCUT2D eigenvalue weighted by atomic mass is 32.1. The lowest BCUT2D eigenvalue weighted by Gasteiger charge is -2.15. The van der Waals surface area contributed by atoms with E-state index in [0.717, 1.165) is 41.5 Å². The molecule has 0 radical (unpaired) electrons. The Morgan fingerprint density at radius 2 is 1.90 bits per heavy atom. The Morgan fingerprint density at radius 3 is 2.69 bits per heavy atom. The van der Waals surface area contributed by atoms with Crippen LogP contribution in [0.25, 0.3) is 16.9 Å². The van der Waals surface area contributed by atoms with Gasteiger partial charge in [0.05, 0.1) is 5.69 Å². The molecule has 0 unspecified atom stereocenters. The number of ether oxygens (including phenoxy) is 1. The van der Waals surface area contributed by atoms with E-state index in [1.807, 2.05) is 40.9 Å². The molecule has 0 atom stereocenters. The molecule has 1 fully saturated rings. The number of anilines is 2. The fourth-order valence-corrected chi connectivity index (χ4v) is 4.30. The van der Waals surface area contributed by atoms with Crippen LogP contribution in [0.1, 0.15) is 12.8 Å². The lowest BCUT2D eigenvalue weighted by Crippen LogP contribution is -2.25. The zero-order valence-electron chi connectivity index (χ0n) is 16.1. The maximum Gasteiger partial charge on any atom is 0.247 e. The Kier molecular flexibility index (Phi) is 5.15. The zero-order chi connectivity index (χ0) is 19.5. The number of nitrogens with one attached hydrogen (secondary N) is 1. The van der Waals surface area contributed by atoms with Gasteiger partial charge in [0.25, 0.3) is 0 Å². The van der Waals surface area contributed by atoms with Crippen LogP contribution in [0.5, 0.6) is 5.75 Å². The Balaban J connectivity index is 1.25. The molecule has 0 amide bonds. The first kappa shape index (κ1) is 18.1. The summed E-state index contributed by atoms with van der Waals surface area (Å²) >= 11 is 1.67. The second-order valence-electron chi connectivity index (χ2n) is 7.18. The van der Waals surface area contributed by atoms with Gasteiger partial charge in [0.15, 0.2) is 5.65 Å². The summed E-state index contributed by atoms with van der Waals surface area (Å²) in [5.41, 5.74) is 3.93. The number of thiophene rings is 1. The molecular formula is C22H23N5OS. The first-order chi connectivity index (χ1) is 14.3. The van der Waals surface area contributed by atoms with Crippen molar-refractivity contribution in [1.29, 1.82) is 0 Å². The van der Waals surface area contributed by atoms with Crippen molar-refractivity contribution in [2.75, 3.05) is 31.6 Å². The Bertz CT molecular complexity index is 1070. The summed E-state index contributed by atoms with van der Waals surface area (Å²) in [4.78, 5) is 7.06. The van der Waals surface area contributed by atoms with Crippen LogP contribution in [-0.4, -0.2) is 45.7 Å². The number of rotatable bonds is 7. The van der Waals surface area contributed by atoms with Crippen LogP contribution in [0.15, 0.2) is 59.3 Å². The molecule has 3 aromatic heterocycles. The molecule has 148 valence electrons. The van der Waals surface area contributed by atoms with Crippen LogP contribution in [0.2, 0.25) is 0 Å². The summed E-state index contributed by atoms with van der Waals surface area (Å²) < 4.78 is 7.75. The van der Waals surface area contributed by atoms with Gasteiger partial charge in [-0.15, -0.1) is 5.10 Å². The molecule has 0 spiro atoms. The number of likely N-dealkylation sites (tertiary alicyclic amines) is 1. The van der Waals surface area contributed by atoms with Crippen molar-refractivity contribution in [3.05, 3.63) is 59.3 Å². The van der Waals surface area contributed by atoms with Gasteiger partial charge in [0.2, 0.25) is 5.95 Å². The highest BCUT2D eigenvalue weighted by Crippen LogP contribution is 2.24. The van der Waals surface area contributed by atoms with E-state index in [4.69, 9.17) is 4.74 Å². The molecule has 4 aromatic rings. The quantitative estimate of drug-likeness (QED) is 0.484. The lowest BCUT2D eigenvalue weighted by molar-refractivity contribution is 0.238. The van der Waals surface area contributed by atoms with Gasteiger partial charge < -0.3 is 10.1 Å². The number of aromatic nitrogens is 3. The topological polar surface area (TPSA) is 54.7 Å². The predicted octanol–water partition coefficient (Wildman–Crippen LogP) is 4.68. The molecular weight excluding hydrogens is 382 g/mol. The van der Waals surface area contributed by atoms with Gasteiger partial charge in [0.1, 0.15) is 12.4 Å². The van der Waals surface area contributed by atoms with Gasteiger partial charge in [0, 0.05) is 23.2 Å². The molecule has 5 rings (SSSR count). The SMILES string of the molecule is c1cc(-c2ccsc2)n2nc(Nc3ccc(OCCN4CCCC4)cc3)nc2c1. The Labute approximate surface area is 173 Å². The summed E-state index contributed by atoms with van der Waals surface area (Å²) in [6.45, 7) is 4.13. The van der Waals surface area contributed by atoms with Gasteiger partial charge in [-0.1, -0.05) is 6.07 Å². The third-order valence-corrected chi connectivity index (χ3v) is 5.85. The third kappa shape index (κ3) is 4.11. The van der Waals surface area contributed by atoms with Crippen LogP contribution in [0.3, 0.4) is 0 Å². The van der Waals surface area contributed by atoms with E-state index in [0.29, 0.717) is 5.95 Å². The van der Waals surface area contributed by atoms with Crippen molar-refractivity contribution < 1.29 is 4.74 Å². The zero-order valence-corrected chi connectivity index (χ0v) is 16.9. The highest BCUT2D eigenvalue weighted by molar-refractivity contribution is 7.08. The summed E-state index contributed by atoms with van der Waals surface area (Å²) in [7, 11) is 0. The normalized spacial score (nSPS) is 14.5. The van der Waals surface area contributed by atoms with Crippen molar-refractivity contribution >= 4 is 28.6 Å². The number of nitrogens with zero attached hydrogens (tertiary/aromatic N) is 4. The Hall–Kier alpha value is -2.90. The average Bonchev–Trinajstić information content (AvgIpc) is 3.50. The second-order valence-corrected chi connectivity index (χ2v) is 7.96. The van der Waals surface area contributed by atoms with E-state index >= 15 is 0 Å².